The maximum atomic E-state index is 11.9. The highest BCUT2D eigenvalue weighted by molar-refractivity contribution is 5.68. The van der Waals surface area contributed by atoms with Crippen molar-refractivity contribution in [2.45, 2.75) is 13.1 Å². The second kappa shape index (κ2) is 3.14. The van der Waals surface area contributed by atoms with Gasteiger partial charge in [-0.05, 0) is 0 Å². The minimum absolute atomic E-state index is 0.194. The molecule has 1 heterocycles. The van der Waals surface area contributed by atoms with E-state index in [-0.39, 0.29) is 12.2 Å². The van der Waals surface area contributed by atoms with Crippen LogP contribution >= 0.6 is 0 Å². The second-order valence-electron chi connectivity index (χ2n) is 2.06. The monoisotopic (exact) mass is 158 g/mol. The second-order valence-corrected chi connectivity index (χ2v) is 2.06. The van der Waals surface area contributed by atoms with Crippen LogP contribution in [0.4, 0.5) is 4.39 Å². The molecule has 0 radical (unpaired) electrons. The van der Waals surface area contributed by atoms with Crippen LogP contribution in [0.3, 0.4) is 0 Å². The van der Waals surface area contributed by atoms with Gasteiger partial charge in [0.15, 0.2) is 0 Å². The van der Waals surface area contributed by atoms with Crippen LogP contribution in [0.1, 0.15) is 11.5 Å². The highest BCUT2D eigenvalue weighted by Gasteiger charge is 2.03. The lowest BCUT2D eigenvalue weighted by molar-refractivity contribution is -0.136. The summed E-state index contributed by atoms with van der Waals surface area (Å²) in [5.74, 6) is -0.699. The number of rotatable bonds is 3. The molecule has 60 valence electrons. The summed E-state index contributed by atoms with van der Waals surface area (Å²) in [6.07, 6.45) is 1.10. The molecule has 0 bridgehead atoms. The van der Waals surface area contributed by atoms with E-state index in [9.17, 15) is 9.18 Å². The number of carboxylic acid groups (broad SMARTS) is 1. The number of nitrogens with zero attached hydrogens (tertiary/aromatic N) is 1. The summed E-state index contributed by atoms with van der Waals surface area (Å²) >= 11 is 0. The molecule has 4 nitrogen and oxygen atoms in total. The zero-order chi connectivity index (χ0) is 8.27. The van der Waals surface area contributed by atoms with Gasteiger partial charge in [-0.1, -0.05) is 0 Å². The summed E-state index contributed by atoms with van der Waals surface area (Å²) in [6.45, 7) is -0.646. The van der Waals surface area contributed by atoms with Crippen LogP contribution in [0.25, 0.3) is 0 Å². The molecule has 0 amide bonds. The van der Waals surface area contributed by atoms with E-state index in [1.165, 1.54) is 6.20 Å². The molecule has 0 atom stereocenters. The number of carbonyl (C=O) groups is 1. The van der Waals surface area contributed by atoms with Crippen molar-refractivity contribution in [2.24, 2.45) is 0 Å². The molecule has 0 spiro atoms. The van der Waals surface area contributed by atoms with Crippen LogP contribution < -0.4 is 0 Å². The van der Waals surface area contributed by atoms with Crippen LogP contribution in [0.15, 0.2) is 6.20 Å². The fraction of sp³-hybridized carbons (Fsp3) is 0.333. The number of alkyl halides is 1. The molecule has 0 saturated carbocycles. The molecule has 1 aromatic rings. The van der Waals surface area contributed by atoms with Gasteiger partial charge in [-0.25, -0.2) is 9.37 Å². The third-order valence-electron chi connectivity index (χ3n) is 1.14. The van der Waals surface area contributed by atoms with Gasteiger partial charge in [0.05, 0.1) is 11.9 Å². The number of carboxylic acids is 1. The van der Waals surface area contributed by atoms with Gasteiger partial charge in [-0.2, -0.15) is 0 Å². The summed E-state index contributed by atoms with van der Waals surface area (Å²) in [7, 11) is 0. The minimum atomic E-state index is -0.982. The fourth-order valence-electron chi connectivity index (χ4n) is 0.707. The van der Waals surface area contributed by atoms with E-state index in [1.54, 1.807) is 0 Å². The van der Waals surface area contributed by atoms with Crippen molar-refractivity contribution in [2.75, 3.05) is 0 Å². The van der Waals surface area contributed by atoms with Crippen molar-refractivity contribution >= 4 is 5.97 Å². The minimum Gasteiger partial charge on any atom is -0.481 e. The molecule has 0 unspecified atom stereocenters. The average Bonchev–Trinajstić information content (AvgIpc) is 2.34. The number of imidazole rings is 1. The van der Waals surface area contributed by atoms with Crippen molar-refractivity contribution in [3.8, 4) is 0 Å². The van der Waals surface area contributed by atoms with E-state index in [0.717, 1.165) is 0 Å². The number of aromatic amines is 1. The quantitative estimate of drug-likeness (QED) is 0.673. The molecular formula is C6H7FN2O2. The SMILES string of the molecule is O=C(O)Cc1ncc(CF)[nH]1. The Labute approximate surface area is 62.1 Å². The van der Waals surface area contributed by atoms with Gasteiger partial charge in [-0.3, -0.25) is 4.79 Å². The number of hydrogen-bond donors (Lipinski definition) is 2. The zero-order valence-corrected chi connectivity index (χ0v) is 5.67. The van der Waals surface area contributed by atoms with Gasteiger partial charge in [0.25, 0.3) is 0 Å². The Bertz CT molecular complexity index is 259. The molecule has 0 saturated heterocycles. The number of H-pyrrole nitrogens is 1. The molecule has 0 fully saturated rings. The number of nitrogens with one attached hydrogen (secondary N) is 1. The van der Waals surface area contributed by atoms with Gasteiger partial charge in [0.2, 0.25) is 0 Å². The summed E-state index contributed by atoms with van der Waals surface area (Å²) in [5.41, 5.74) is 0.307. The molecule has 0 aromatic carbocycles. The van der Waals surface area contributed by atoms with Crippen LogP contribution in [-0.4, -0.2) is 21.0 Å². The lowest BCUT2D eigenvalue weighted by Gasteiger charge is -1.87. The van der Waals surface area contributed by atoms with Crippen LogP contribution in [0.5, 0.6) is 0 Å². The first-order valence-corrected chi connectivity index (χ1v) is 3.03. The van der Waals surface area contributed by atoms with E-state index < -0.39 is 12.6 Å². The molecule has 0 aliphatic rings. The van der Waals surface area contributed by atoms with Crippen molar-refractivity contribution < 1.29 is 14.3 Å². The van der Waals surface area contributed by atoms with Crippen molar-refractivity contribution in [1.29, 1.82) is 0 Å². The van der Waals surface area contributed by atoms with Crippen molar-refractivity contribution in [1.82, 2.24) is 9.97 Å². The van der Waals surface area contributed by atoms with Gasteiger partial charge in [0, 0.05) is 0 Å². The van der Waals surface area contributed by atoms with Gasteiger partial charge in [0.1, 0.15) is 18.9 Å². The Morgan fingerprint density at radius 2 is 2.55 bits per heavy atom. The van der Waals surface area contributed by atoms with E-state index in [1.807, 2.05) is 0 Å². The molecule has 1 aromatic heterocycles. The lowest BCUT2D eigenvalue weighted by atomic mass is 10.4. The Morgan fingerprint density at radius 3 is 3.00 bits per heavy atom. The van der Waals surface area contributed by atoms with Crippen molar-refractivity contribution in [3.63, 3.8) is 0 Å². The molecule has 5 heteroatoms. The summed E-state index contributed by atoms with van der Waals surface area (Å²) in [5, 5.41) is 8.30. The van der Waals surface area contributed by atoms with Gasteiger partial charge in [-0.15, -0.1) is 0 Å². The number of halogens is 1. The molecule has 1 rings (SSSR count). The predicted molar refractivity (Wildman–Crippen MR) is 34.7 cm³/mol. The Balaban J connectivity index is 2.65. The van der Waals surface area contributed by atoms with Crippen LogP contribution in [-0.2, 0) is 17.9 Å². The number of aliphatic carboxylic acids is 1. The Hall–Kier alpha value is -1.39. The first kappa shape index (κ1) is 7.71. The van der Waals surface area contributed by atoms with E-state index in [0.29, 0.717) is 5.69 Å². The maximum absolute atomic E-state index is 11.9. The predicted octanol–water partition coefficient (Wildman–Crippen LogP) is 0.506. The average molecular weight is 158 g/mol. The lowest BCUT2D eigenvalue weighted by Crippen LogP contribution is -2.01. The molecule has 11 heavy (non-hydrogen) atoms. The van der Waals surface area contributed by atoms with Gasteiger partial charge < -0.3 is 10.1 Å². The number of hydrogen-bond acceptors (Lipinski definition) is 2. The number of aromatic nitrogens is 2. The Kier molecular flexibility index (Phi) is 2.20. The van der Waals surface area contributed by atoms with E-state index >= 15 is 0 Å². The summed E-state index contributed by atoms with van der Waals surface area (Å²) in [6, 6.07) is 0. The summed E-state index contributed by atoms with van der Waals surface area (Å²) < 4.78 is 11.9. The van der Waals surface area contributed by atoms with Crippen molar-refractivity contribution in [3.05, 3.63) is 17.7 Å². The molecular weight excluding hydrogens is 151 g/mol. The highest BCUT2D eigenvalue weighted by Crippen LogP contribution is 1.99. The third kappa shape index (κ3) is 2.03. The highest BCUT2D eigenvalue weighted by atomic mass is 19.1. The van der Waals surface area contributed by atoms with E-state index in [4.69, 9.17) is 5.11 Å². The van der Waals surface area contributed by atoms with Crippen LogP contribution in [0, 0.1) is 0 Å². The van der Waals surface area contributed by atoms with Crippen LogP contribution in [0.2, 0.25) is 0 Å². The van der Waals surface area contributed by atoms with Gasteiger partial charge >= 0.3 is 5.97 Å². The standard InChI is InChI=1S/C6H7FN2O2/c7-2-4-3-8-5(9-4)1-6(10)11/h3H,1-2H2,(H,8,9)(H,10,11). The third-order valence-corrected chi connectivity index (χ3v) is 1.14. The first-order valence-electron chi connectivity index (χ1n) is 3.03. The smallest absolute Gasteiger partial charge is 0.311 e. The Morgan fingerprint density at radius 1 is 1.82 bits per heavy atom. The topological polar surface area (TPSA) is 66.0 Å². The van der Waals surface area contributed by atoms with E-state index in [2.05, 4.69) is 9.97 Å². The molecule has 0 aliphatic heterocycles. The maximum Gasteiger partial charge on any atom is 0.311 e. The molecule has 0 aliphatic carbocycles. The first-order chi connectivity index (χ1) is 5.22. The molecule has 2 N–H and O–H groups in total. The fourth-order valence-corrected chi connectivity index (χ4v) is 0.707. The normalized spacial score (nSPS) is 9.91. The largest absolute Gasteiger partial charge is 0.481 e. The summed E-state index contributed by atoms with van der Waals surface area (Å²) in [4.78, 5) is 16.3. The zero-order valence-electron chi connectivity index (χ0n) is 5.67.